The van der Waals surface area contributed by atoms with Crippen LogP contribution in [0.1, 0.15) is 56.7 Å². The first-order chi connectivity index (χ1) is 8.33. The monoisotopic (exact) mass is 317 g/mol. The van der Waals surface area contributed by atoms with Gasteiger partial charge in [0.2, 0.25) is 0 Å². The Morgan fingerprint density at radius 1 is 1.12 bits per heavy atom. The smallest absolute Gasteiger partial charge is 0.0300 e. The second-order valence-electron chi connectivity index (χ2n) is 4.53. The van der Waals surface area contributed by atoms with Gasteiger partial charge in [-0.2, -0.15) is 0 Å². The van der Waals surface area contributed by atoms with Crippen molar-refractivity contribution in [3.63, 3.8) is 0 Å². The van der Waals surface area contributed by atoms with E-state index in [-0.39, 0.29) is 0 Å². The molecule has 1 nitrogen and oxygen atoms in total. The van der Waals surface area contributed by atoms with Crippen molar-refractivity contribution in [3.05, 3.63) is 20.8 Å². The second-order valence-corrected chi connectivity index (χ2v) is 6.44. The molecular formula is C14H24BrNS. The minimum atomic E-state index is 1.02. The van der Waals surface area contributed by atoms with Gasteiger partial charge in [0.25, 0.3) is 0 Å². The molecule has 0 amide bonds. The van der Waals surface area contributed by atoms with Crippen LogP contribution in [0.2, 0.25) is 0 Å². The number of rotatable bonds is 10. The summed E-state index contributed by atoms with van der Waals surface area (Å²) in [5.74, 6) is 0. The summed E-state index contributed by atoms with van der Waals surface area (Å²) in [7, 11) is 0. The van der Waals surface area contributed by atoms with Gasteiger partial charge in [-0.05, 0) is 35.0 Å². The van der Waals surface area contributed by atoms with Crippen molar-refractivity contribution in [3.8, 4) is 0 Å². The Morgan fingerprint density at radius 3 is 2.47 bits per heavy atom. The first-order valence-electron chi connectivity index (χ1n) is 6.76. The van der Waals surface area contributed by atoms with Gasteiger partial charge in [0.15, 0.2) is 0 Å². The summed E-state index contributed by atoms with van der Waals surface area (Å²) in [5.41, 5.74) is 0. The molecule has 1 aromatic rings. The molecule has 0 aliphatic rings. The Hall–Kier alpha value is 0.140. The maximum absolute atomic E-state index is 3.51. The van der Waals surface area contributed by atoms with E-state index in [0.29, 0.717) is 0 Å². The highest BCUT2D eigenvalue weighted by molar-refractivity contribution is 9.10. The van der Waals surface area contributed by atoms with Crippen LogP contribution in [0.5, 0.6) is 0 Å². The zero-order valence-corrected chi connectivity index (χ0v) is 13.2. The molecule has 98 valence electrons. The fraction of sp³-hybridized carbons (Fsp3) is 0.714. The third kappa shape index (κ3) is 7.96. The molecule has 17 heavy (non-hydrogen) atoms. The van der Waals surface area contributed by atoms with Crippen molar-refractivity contribution in [1.29, 1.82) is 0 Å². The SMILES string of the molecule is CCCCCCCCCNCc1cc(Br)cs1. The molecule has 0 aliphatic carbocycles. The summed E-state index contributed by atoms with van der Waals surface area (Å²) in [4.78, 5) is 1.42. The normalized spacial score (nSPS) is 10.9. The van der Waals surface area contributed by atoms with Crippen molar-refractivity contribution < 1.29 is 0 Å². The molecule has 1 N–H and O–H groups in total. The summed E-state index contributed by atoms with van der Waals surface area (Å²) in [6.45, 7) is 4.45. The second kappa shape index (κ2) is 10.1. The van der Waals surface area contributed by atoms with Gasteiger partial charge in [-0.3, -0.25) is 0 Å². The minimum absolute atomic E-state index is 1.02. The molecule has 1 aromatic heterocycles. The number of nitrogens with one attached hydrogen (secondary N) is 1. The zero-order chi connectivity index (χ0) is 12.3. The standard InChI is InChI=1S/C14H24BrNS/c1-2-3-4-5-6-7-8-9-16-11-14-10-13(15)12-17-14/h10,12,16H,2-9,11H2,1H3. The molecule has 0 fully saturated rings. The fourth-order valence-corrected chi connectivity index (χ4v) is 3.29. The van der Waals surface area contributed by atoms with Crippen LogP contribution in [0, 0.1) is 0 Å². The van der Waals surface area contributed by atoms with Crippen LogP contribution in [-0.4, -0.2) is 6.54 Å². The van der Waals surface area contributed by atoms with Crippen molar-refractivity contribution >= 4 is 27.3 Å². The predicted octanol–water partition coefficient (Wildman–Crippen LogP) is 5.35. The third-order valence-electron chi connectivity index (χ3n) is 2.88. The Bertz CT molecular complexity index is 286. The number of thiophene rings is 1. The van der Waals surface area contributed by atoms with Crippen LogP contribution in [0.25, 0.3) is 0 Å². The molecular weight excluding hydrogens is 294 g/mol. The highest BCUT2D eigenvalue weighted by atomic mass is 79.9. The lowest BCUT2D eigenvalue weighted by molar-refractivity contribution is 0.564. The lowest BCUT2D eigenvalue weighted by Gasteiger charge is -2.03. The summed E-state index contributed by atoms with van der Waals surface area (Å²) in [5, 5.41) is 5.65. The van der Waals surface area contributed by atoms with E-state index in [9.17, 15) is 0 Å². The van der Waals surface area contributed by atoms with E-state index in [4.69, 9.17) is 0 Å². The largest absolute Gasteiger partial charge is 0.312 e. The van der Waals surface area contributed by atoms with Crippen LogP contribution >= 0.6 is 27.3 Å². The number of hydrogen-bond acceptors (Lipinski definition) is 2. The van der Waals surface area contributed by atoms with Gasteiger partial charge in [0.1, 0.15) is 0 Å². The highest BCUT2D eigenvalue weighted by Crippen LogP contribution is 2.19. The molecule has 0 unspecified atom stereocenters. The molecule has 0 aliphatic heterocycles. The van der Waals surface area contributed by atoms with Gasteiger partial charge < -0.3 is 5.32 Å². The van der Waals surface area contributed by atoms with Crippen LogP contribution < -0.4 is 5.32 Å². The van der Waals surface area contributed by atoms with Crippen molar-refractivity contribution in [1.82, 2.24) is 5.32 Å². The Kier molecular flexibility index (Phi) is 9.03. The lowest BCUT2D eigenvalue weighted by Crippen LogP contribution is -2.13. The van der Waals surface area contributed by atoms with Gasteiger partial charge >= 0.3 is 0 Å². The Balaban J connectivity index is 1.84. The van der Waals surface area contributed by atoms with E-state index in [0.717, 1.165) is 13.1 Å². The highest BCUT2D eigenvalue weighted by Gasteiger charge is 1.96. The quantitative estimate of drug-likeness (QED) is 0.573. The molecule has 0 spiro atoms. The maximum Gasteiger partial charge on any atom is 0.0300 e. The summed E-state index contributed by atoms with van der Waals surface area (Å²) < 4.78 is 1.20. The average Bonchev–Trinajstić information content (AvgIpc) is 2.73. The third-order valence-corrected chi connectivity index (χ3v) is 4.58. The van der Waals surface area contributed by atoms with Gasteiger partial charge in [-0.25, -0.2) is 0 Å². The zero-order valence-electron chi connectivity index (χ0n) is 10.8. The molecule has 3 heteroatoms. The summed E-state index contributed by atoms with van der Waals surface area (Å²) >= 11 is 5.30. The first-order valence-corrected chi connectivity index (χ1v) is 8.44. The summed E-state index contributed by atoms with van der Waals surface area (Å²) in [6.07, 6.45) is 9.71. The van der Waals surface area contributed by atoms with Crippen molar-refractivity contribution in [2.45, 2.75) is 58.4 Å². The number of halogens is 1. The molecule has 0 saturated heterocycles. The Morgan fingerprint density at radius 2 is 1.82 bits per heavy atom. The Labute approximate surface area is 118 Å². The van der Waals surface area contributed by atoms with E-state index in [1.807, 2.05) is 11.3 Å². The predicted molar refractivity (Wildman–Crippen MR) is 81.7 cm³/mol. The van der Waals surface area contributed by atoms with Gasteiger partial charge in [0.05, 0.1) is 0 Å². The number of hydrogen-bond donors (Lipinski definition) is 1. The molecule has 0 saturated carbocycles. The lowest BCUT2D eigenvalue weighted by atomic mass is 10.1. The average molecular weight is 318 g/mol. The van der Waals surface area contributed by atoms with E-state index >= 15 is 0 Å². The maximum atomic E-state index is 3.51. The minimum Gasteiger partial charge on any atom is -0.312 e. The first kappa shape index (κ1) is 15.2. The van der Waals surface area contributed by atoms with E-state index in [1.54, 1.807) is 0 Å². The topological polar surface area (TPSA) is 12.0 Å². The summed E-state index contributed by atoms with van der Waals surface area (Å²) in [6, 6.07) is 2.20. The molecule has 0 aromatic carbocycles. The van der Waals surface area contributed by atoms with Crippen LogP contribution in [-0.2, 0) is 6.54 Å². The van der Waals surface area contributed by atoms with Crippen LogP contribution in [0.4, 0.5) is 0 Å². The number of unbranched alkanes of at least 4 members (excludes halogenated alkanes) is 6. The van der Waals surface area contributed by atoms with Crippen LogP contribution in [0.3, 0.4) is 0 Å². The van der Waals surface area contributed by atoms with Gasteiger partial charge in [-0.1, -0.05) is 45.4 Å². The van der Waals surface area contributed by atoms with E-state index in [2.05, 4.69) is 39.6 Å². The van der Waals surface area contributed by atoms with Gasteiger partial charge in [-0.15, -0.1) is 11.3 Å². The van der Waals surface area contributed by atoms with Crippen LogP contribution in [0.15, 0.2) is 15.9 Å². The molecule has 0 radical (unpaired) electrons. The van der Waals surface area contributed by atoms with E-state index < -0.39 is 0 Å². The van der Waals surface area contributed by atoms with Gasteiger partial charge in [0, 0.05) is 21.3 Å². The van der Waals surface area contributed by atoms with Crippen molar-refractivity contribution in [2.75, 3.05) is 6.54 Å². The molecule has 1 heterocycles. The molecule has 0 atom stereocenters. The fourth-order valence-electron chi connectivity index (χ4n) is 1.87. The van der Waals surface area contributed by atoms with Crippen molar-refractivity contribution in [2.24, 2.45) is 0 Å². The van der Waals surface area contributed by atoms with E-state index in [1.165, 1.54) is 54.3 Å². The molecule has 1 rings (SSSR count). The molecule has 0 bridgehead atoms.